The average Bonchev–Trinajstić information content (AvgIpc) is 3.45. The number of carbonyl (C=O) groups excluding carboxylic acids is 1. The number of benzene rings is 4. The highest BCUT2D eigenvalue weighted by atomic mass is 32.1. The molecule has 6 rings (SSSR count). The van der Waals surface area contributed by atoms with E-state index in [1.807, 2.05) is 55.5 Å². The molecule has 1 aliphatic heterocycles. The Morgan fingerprint density at radius 3 is 2.34 bits per heavy atom. The van der Waals surface area contributed by atoms with Crippen LogP contribution >= 0.6 is 11.3 Å². The van der Waals surface area contributed by atoms with Crippen molar-refractivity contribution < 1.29 is 28.7 Å². The van der Waals surface area contributed by atoms with Gasteiger partial charge in [0.2, 0.25) is 0 Å². The van der Waals surface area contributed by atoms with Crippen LogP contribution in [-0.2, 0) is 16.1 Å². The van der Waals surface area contributed by atoms with Crippen molar-refractivity contribution in [2.75, 3.05) is 20.3 Å². The van der Waals surface area contributed by atoms with Gasteiger partial charge in [0.1, 0.15) is 12.4 Å². The summed E-state index contributed by atoms with van der Waals surface area (Å²) in [4.78, 5) is 43.8. The fourth-order valence-electron chi connectivity index (χ4n) is 5.57. The van der Waals surface area contributed by atoms with Crippen LogP contribution in [-0.4, -0.2) is 35.8 Å². The topological polar surface area (TPSA) is 131 Å². The molecule has 0 amide bonds. The summed E-state index contributed by atoms with van der Waals surface area (Å²) in [6, 6.07) is 27.3. The molecule has 0 unspecified atom stereocenters. The van der Waals surface area contributed by atoms with E-state index in [2.05, 4.69) is 0 Å². The molecule has 5 aromatic rings. The van der Waals surface area contributed by atoms with E-state index in [9.17, 15) is 19.7 Å². The first kappa shape index (κ1) is 33.9. The van der Waals surface area contributed by atoms with Gasteiger partial charge in [0.15, 0.2) is 16.3 Å². The Morgan fingerprint density at radius 1 is 0.940 bits per heavy atom. The Hall–Kier alpha value is -6.01. The van der Waals surface area contributed by atoms with Crippen molar-refractivity contribution in [2.24, 2.45) is 4.99 Å². The number of esters is 1. The molecular weight excluding hydrogens is 658 g/mol. The quantitative estimate of drug-likeness (QED) is 0.0908. The number of hydrogen-bond donors (Lipinski definition) is 0. The van der Waals surface area contributed by atoms with Gasteiger partial charge in [-0.1, -0.05) is 59.9 Å². The van der Waals surface area contributed by atoms with E-state index >= 15 is 0 Å². The van der Waals surface area contributed by atoms with E-state index < -0.39 is 16.9 Å². The van der Waals surface area contributed by atoms with E-state index in [1.165, 1.54) is 23.5 Å². The minimum atomic E-state index is -0.817. The minimum absolute atomic E-state index is 0.00196. The summed E-state index contributed by atoms with van der Waals surface area (Å²) in [6.45, 7) is 4.30. The Morgan fingerprint density at radius 2 is 1.68 bits per heavy atom. The number of aromatic nitrogens is 1. The molecule has 4 aromatic carbocycles. The van der Waals surface area contributed by atoms with Crippen molar-refractivity contribution >= 4 is 34.8 Å². The van der Waals surface area contributed by atoms with Crippen LogP contribution in [0.15, 0.2) is 112 Å². The molecule has 0 fully saturated rings. The zero-order valence-electron chi connectivity index (χ0n) is 27.5. The molecule has 0 saturated heterocycles. The molecule has 12 heteroatoms. The SMILES string of the molecule is CCOC(=O)C1=C(c2ccccc2)N=c2s/c(=C\c3ccc(OCc4ccc([N+](=O)[O-])cc4)c(OCC)c3)c(=O)n2[C@H]1c1ccc(OC)cc1. The van der Waals surface area contributed by atoms with E-state index in [4.69, 9.17) is 23.9 Å². The fraction of sp³-hybridized carbons (Fsp3) is 0.184. The third-order valence-electron chi connectivity index (χ3n) is 7.91. The van der Waals surface area contributed by atoms with Crippen LogP contribution in [0, 0.1) is 10.1 Å². The third kappa shape index (κ3) is 7.06. The predicted octanol–water partition coefficient (Wildman–Crippen LogP) is 5.83. The van der Waals surface area contributed by atoms with Crippen LogP contribution in [0.1, 0.15) is 42.1 Å². The standard InChI is InChI=1S/C38H33N3O8S/c1-4-47-31-21-25(13-20-30(31)49-23-24-11-16-28(17-12-24)41(44)45)22-32-36(42)40-35(27-14-18-29(46-3)19-15-27)33(37(43)48-5-2)34(39-38(40)50-32)26-9-7-6-8-10-26/h6-22,35H,4-5,23H2,1-3H3/b32-22-/t35-/m0/s1. The Bertz CT molecular complexity index is 2240. The number of rotatable bonds is 12. The lowest BCUT2D eigenvalue weighted by Crippen LogP contribution is -2.40. The molecule has 0 aliphatic carbocycles. The van der Waals surface area contributed by atoms with Gasteiger partial charge < -0.3 is 18.9 Å². The Labute approximate surface area is 291 Å². The number of thiazole rings is 1. The Kier molecular flexibility index (Phi) is 10.2. The maximum absolute atomic E-state index is 14.3. The molecule has 1 atom stereocenters. The largest absolute Gasteiger partial charge is 0.497 e. The maximum atomic E-state index is 14.3. The lowest BCUT2D eigenvalue weighted by molar-refractivity contribution is -0.384. The van der Waals surface area contributed by atoms with Crippen LogP contribution in [0.2, 0.25) is 0 Å². The highest BCUT2D eigenvalue weighted by Gasteiger charge is 2.35. The van der Waals surface area contributed by atoms with E-state index in [1.54, 1.807) is 61.1 Å². The van der Waals surface area contributed by atoms with Crippen molar-refractivity contribution in [3.05, 3.63) is 155 Å². The summed E-state index contributed by atoms with van der Waals surface area (Å²) >= 11 is 1.22. The molecular formula is C38H33N3O8S. The second-order valence-corrected chi connectivity index (χ2v) is 12.1. The lowest BCUT2D eigenvalue weighted by Gasteiger charge is -2.26. The van der Waals surface area contributed by atoms with E-state index in [-0.39, 0.29) is 30.0 Å². The summed E-state index contributed by atoms with van der Waals surface area (Å²) in [5.41, 5.74) is 3.24. The van der Waals surface area contributed by atoms with Gasteiger partial charge in [-0.2, -0.15) is 0 Å². The van der Waals surface area contributed by atoms with Gasteiger partial charge in [-0.3, -0.25) is 19.5 Å². The summed E-state index contributed by atoms with van der Waals surface area (Å²) in [6.07, 6.45) is 1.76. The first-order valence-electron chi connectivity index (χ1n) is 15.9. The monoisotopic (exact) mass is 691 g/mol. The summed E-state index contributed by atoms with van der Waals surface area (Å²) in [5, 5.41) is 11.0. The van der Waals surface area contributed by atoms with Crippen LogP contribution in [0.25, 0.3) is 11.8 Å². The molecule has 2 heterocycles. The third-order valence-corrected chi connectivity index (χ3v) is 8.90. The summed E-state index contributed by atoms with van der Waals surface area (Å²) in [7, 11) is 1.57. The van der Waals surface area contributed by atoms with Gasteiger partial charge in [-0.15, -0.1) is 0 Å². The molecule has 0 N–H and O–H groups in total. The van der Waals surface area contributed by atoms with E-state index in [0.717, 1.165) is 11.1 Å². The number of nitro benzene ring substituents is 1. The number of nitro groups is 1. The van der Waals surface area contributed by atoms with Gasteiger partial charge in [0.25, 0.3) is 11.2 Å². The smallest absolute Gasteiger partial charge is 0.338 e. The number of fused-ring (bicyclic) bond motifs is 1. The molecule has 0 radical (unpaired) electrons. The number of hydrogen-bond acceptors (Lipinski definition) is 10. The molecule has 0 bridgehead atoms. The number of nitrogens with zero attached hydrogens (tertiary/aromatic N) is 3. The van der Waals surface area contributed by atoms with E-state index in [0.29, 0.717) is 50.0 Å². The van der Waals surface area contributed by atoms with Crippen LogP contribution in [0.5, 0.6) is 17.2 Å². The minimum Gasteiger partial charge on any atom is -0.497 e. The molecule has 0 spiro atoms. The number of ether oxygens (including phenoxy) is 4. The van der Waals surface area contributed by atoms with Crippen molar-refractivity contribution in [2.45, 2.75) is 26.5 Å². The maximum Gasteiger partial charge on any atom is 0.338 e. The summed E-state index contributed by atoms with van der Waals surface area (Å²) < 4.78 is 24.8. The average molecular weight is 692 g/mol. The highest BCUT2D eigenvalue weighted by molar-refractivity contribution is 7.07. The zero-order chi connectivity index (χ0) is 35.2. The van der Waals surface area contributed by atoms with Gasteiger partial charge >= 0.3 is 5.97 Å². The highest BCUT2D eigenvalue weighted by Crippen LogP contribution is 2.36. The molecule has 254 valence electrons. The Balaban J connectivity index is 1.44. The molecule has 1 aliphatic rings. The fourth-order valence-corrected chi connectivity index (χ4v) is 6.57. The normalized spacial score (nSPS) is 14.1. The molecule has 0 saturated carbocycles. The number of non-ortho nitro benzene ring substituents is 1. The van der Waals surface area contributed by atoms with Gasteiger partial charge in [0, 0.05) is 17.7 Å². The second-order valence-electron chi connectivity index (χ2n) is 11.1. The first-order valence-corrected chi connectivity index (χ1v) is 16.7. The lowest BCUT2D eigenvalue weighted by atomic mass is 9.93. The van der Waals surface area contributed by atoms with Crippen molar-refractivity contribution in [3.8, 4) is 17.2 Å². The second kappa shape index (κ2) is 15.0. The van der Waals surface area contributed by atoms with Gasteiger partial charge in [0.05, 0.1) is 47.1 Å². The van der Waals surface area contributed by atoms with Crippen molar-refractivity contribution in [3.63, 3.8) is 0 Å². The molecule has 1 aromatic heterocycles. The number of carbonyl (C=O) groups is 1. The van der Waals surface area contributed by atoms with Gasteiger partial charge in [-0.05, 0) is 73.0 Å². The zero-order valence-corrected chi connectivity index (χ0v) is 28.3. The number of methoxy groups -OCH3 is 1. The van der Waals surface area contributed by atoms with Crippen molar-refractivity contribution in [1.82, 2.24) is 4.57 Å². The van der Waals surface area contributed by atoms with Crippen LogP contribution < -0.4 is 29.1 Å². The first-order chi connectivity index (χ1) is 24.3. The van der Waals surface area contributed by atoms with Gasteiger partial charge in [-0.25, -0.2) is 9.79 Å². The van der Waals surface area contributed by atoms with Crippen LogP contribution in [0.4, 0.5) is 5.69 Å². The molecule has 50 heavy (non-hydrogen) atoms. The molecule has 11 nitrogen and oxygen atoms in total. The van der Waals surface area contributed by atoms with Crippen molar-refractivity contribution in [1.29, 1.82) is 0 Å². The van der Waals surface area contributed by atoms with Crippen LogP contribution in [0.3, 0.4) is 0 Å². The predicted molar refractivity (Wildman–Crippen MR) is 189 cm³/mol. The summed E-state index contributed by atoms with van der Waals surface area (Å²) in [5.74, 6) is 1.03.